The molecule has 1 aliphatic rings. The molecule has 1 atom stereocenters. The molecular weight excluding hydrogens is 378 g/mol. The summed E-state index contributed by atoms with van der Waals surface area (Å²) in [6.45, 7) is 1.47. The summed E-state index contributed by atoms with van der Waals surface area (Å²) in [5.41, 5.74) is 1.10. The minimum Gasteiger partial charge on any atom is -0.467 e. The molecule has 0 unspecified atom stereocenters. The van der Waals surface area contributed by atoms with E-state index in [1.165, 1.54) is 18.1 Å². The molecule has 29 heavy (non-hydrogen) atoms. The third-order valence-electron chi connectivity index (χ3n) is 4.31. The number of carbonyl (C=O) groups excluding carboxylic acids is 4. The van der Waals surface area contributed by atoms with Crippen molar-refractivity contribution in [3.05, 3.63) is 48.4 Å². The Morgan fingerprint density at radius 1 is 1.14 bits per heavy atom. The van der Waals surface area contributed by atoms with E-state index in [-0.39, 0.29) is 24.8 Å². The fraction of sp³-hybridized carbons (Fsp3) is 0.300. The van der Waals surface area contributed by atoms with Gasteiger partial charge in [-0.15, -0.1) is 0 Å². The topological polar surface area (TPSA) is 118 Å². The lowest BCUT2D eigenvalue weighted by atomic mass is 10.1. The van der Waals surface area contributed by atoms with Gasteiger partial charge in [-0.2, -0.15) is 0 Å². The minimum atomic E-state index is -0.609. The molecule has 3 amide bonds. The molecular formula is C20H21N3O6. The van der Waals surface area contributed by atoms with Crippen LogP contribution in [-0.4, -0.2) is 41.7 Å². The van der Waals surface area contributed by atoms with E-state index in [4.69, 9.17) is 9.15 Å². The van der Waals surface area contributed by atoms with Crippen molar-refractivity contribution < 1.29 is 28.3 Å². The van der Waals surface area contributed by atoms with Crippen molar-refractivity contribution >= 4 is 35.1 Å². The van der Waals surface area contributed by atoms with Crippen molar-refractivity contribution in [1.29, 1.82) is 0 Å². The lowest BCUT2D eigenvalue weighted by molar-refractivity contribution is -0.151. The molecule has 9 nitrogen and oxygen atoms in total. The number of benzene rings is 1. The average Bonchev–Trinajstić information content (AvgIpc) is 3.31. The fourth-order valence-electron chi connectivity index (χ4n) is 2.97. The molecule has 152 valence electrons. The largest absolute Gasteiger partial charge is 0.467 e. The van der Waals surface area contributed by atoms with Gasteiger partial charge in [0.1, 0.15) is 5.76 Å². The summed E-state index contributed by atoms with van der Waals surface area (Å²) in [7, 11) is 0. The molecule has 0 saturated carbocycles. The molecule has 2 aromatic rings. The highest BCUT2D eigenvalue weighted by molar-refractivity contribution is 5.94. The maximum atomic E-state index is 12.2. The van der Waals surface area contributed by atoms with Gasteiger partial charge in [0, 0.05) is 31.3 Å². The number of ether oxygens (including phenoxy) is 1. The van der Waals surface area contributed by atoms with Crippen molar-refractivity contribution in [2.75, 3.05) is 23.8 Å². The van der Waals surface area contributed by atoms with Crippen LogP contribution in [0.25, 0.3) is 0 Å². The van der Waals surface area contributed by atoms with Crippen LogP contribution >= 0.6 is 0 Å². The first-order valence-corrected chi connectivity index (χ1v) is 9.05. The summed E-state index contributed by atoms with van der Waals surface area (Å²) in [4.78, 5) is 48.8. The zero-order valence-electron chi connectivity index (χ0n) is 15.8. The van der Waals surface area contributed by atoms with Gasteiger partial charge in [-0.05, 0) is 36.4 Å². The quantitative estimate of drug-likeness (QED) is 0.685. The van der Waals surface area contributed by atoms with Crippen molar-refractivity contribution in [1.82, 2.24) is 4.90 Å². The molecule has 0 spiro atoms. The maximum Gasteiger partial charge on any atom is 0.311 e. The first-order chi connectivity index (χ1) is 13.9. The van der Waals surface area contributed by atoms with Crippen molar-refractivity contribution in [3.8, 4) is 0 Å². The molecule has 2 heterocycles. The average molecular weight is 399 g/mol. The van der Waals surface area contributed by atoms with Gasteiger partial charge in [-0.3, -0.25) is 19.2 Å². The van der Waals surface area contributed by atoms with Crippen LogP contribution in [0.15, 0.2) is 47.1 Å². The minimum absolute atomic E-state index is 0.0474. The van der Waals surface area contributed by atoms with Gasteiger partial charge in [0.2, 0.25) is 11.8 Å². The van der Waals surface area contributed by atoms with Crippen LogP contribution in [-0.2, 0) is 30.5 Å². The summed E-state index contributed by atoms with van der Waals surface area (Å²) in [6.07, 6.45) is 1.57. The Morgan fingerprint density at radius 2 is 1.83 bits per heavy atom. The van der Waals surface area contributed by atoms with Crippen LogP contribution in [0.5, 0.6) is 0 Å². The Labute approximate surface area is 167 Å². The number of anilines is 2. The summed E-state index contributed by atoms with van der Waals surface area (Å²) < 4.78 is 10.3. The maximum absolute atomic E-state index is 12.2. The summed E-state index contributed by atoms with van der Waals surface area (Å²) in [5, 5.41) is 5.22. The molecule has 0 bridgehead atoms. The Hall–Kier alpha value is -3.62. The standard InChI is InChI=1S/C20H21N3O6/c1-13(24)21-15-4-6-16(7-5-15)22-18(25)12-29-20(27)14-9-19(26)23(10-14)11-17-3-2-8-28-17/h2-8,14H,9-12H2,1H3,(H,21,24)(H,22,25)/t14-/m1/s1. The van der Waals surface area contributed by atoms with E-state index >= 15 is 0 Å². The van der Waals surface area contributed by atoms with Gasteiger partial charge in [0.05, 0.1) is 18.7 Å². The van der Waals surface area contributed by atoms with Crippen LogP contribution in [0.1, 0.15) is 19.1 Å². The molecule has 3 rings (SSSR count). The Morgan fingerprint density at radius 3 is 2.45 bits per heavy atom. The van der Waals surface area contributed by atoms with Crippen molar-refractivity contribution in [2.45, 2.75) is 19.9 Å². The molecule has 2 N–H and O–H groups in total. The van der Waals surface area contributed by atoms with E-state index in [0.29, 0.717) is 23.7 Å². The zero-order chi connectivity index (χ0) is 20.8. The predicted octanol–water partition coefficient (Wildman–Crippen LogP) is 1.77. The van der Waals surface area contributed by atoms with Crippen molar-refractivity contribution in [3.63, 3.8) is 0 Å². The number of hydrogen-bond donors (Lipinski definition) is 2. The third kappa shape index (κ3) is 5.68. The van der Waals surface area contributed by atoms with E-state index in [1.807, 2.05) is 0 Å². The number of hydrogen-bond acceptors (Lipinski definition) is 6. The van der Waals surface area contributed by atoms with Crippen molar-refractivity contribution in [2.24, 2.45) is 5.92 Å². The van der Waals surface area contributed by atoms with E-state index in [0.717, 1.165) is 0 Å². The molecule has 1 aromatic carbocycles. The first kappa shape index (κ1) is 20.1. The summed E-state index contributed by atoms with van der Waals surface area (Å²) in [5.74, 6) is -1.41. The van der Waals surface area contributed by atoms with Gasteiger partial charge in [0.25, 0.3) is 5.91 Å². The number of furan rings is 1. The van der Waals surface area contributed by atoms with E-state index in [9.17, 15) is 19.2 Å². The number of nitrogens with one attached hydrogen (secondary N) is 2. The van der Waals surface area contributed by atoms with Gasteiger partial charge in [-0.25, -0.2) is 0 Å². The van der Waals surface area contributed by atoms with Crippen LogP contribution in [0.4, 0.5) is 11.4 Å². The molecule has 0 radical (unpaired) electrons. The zero-order valence-corrected chi connectivity index (χ0v) is 15.8. The predicted molar refractivity (Wildman–Crippen MR) is 103 cm³/mol. The van der Waals surface area contributed by atoms with E-state index < -0.39 is 24.4 Å². The summed E-state index contributed by atoms with van der Waals surface area (Å²) >= 11 is 0. The van der Waals surface area contributed by atoms with Crippen LogP contribution < -0.4 is 10.6 Å². The molecule has 0 aliphatic carbocycles. The highest BCUT2D eigenvalue weighted by Gasteiger charge is 2.35. The second kappa shape index (κ2) is 9.05. The first-order valence-electron chi connectivity index (χ1n) is 9.05. The molecule has 1 fully saturated rings. The summed E-state index contributed by atoms with van der Waals surface area (Å²) in [6, 6.07) is 10.0. The Kier molecular flexibility index (Phi) is 6.28. The van der Waals surface area contributed by atoms with Crippen LogP contribution in [0, 0.1) is 5.92 Å². The number of likely N-dealkylation sites (tertiary alicyclic amines) is 1. The highest BCUT2D eigenvalue weighted by Crippen LogP contribution is 2.21. The number of esters is 1. The molecule has 1 aromatic heterocycles. The number of carbonyl (C=O) groups is 4. The molecule has 1 saturated heterocycles. The van der Waals surface area contributed by atoms with E-state index in [2.05, 4.69) is 10.6 Å². The van der Waals surface area contributed by atoms with Gasteiger partial charge in [-0.1, -0.05) is 0 Å². The number of rotatable bonds is 7. The lowest BCUT2D eigenvalue weighted by Gasteiger charge is -2.14. The van der Waals surface area contributed by atoms with Crippen LogP contribution in [0.2, 0.25) is 0 Å². The fourth-order valence-corrected chi connectivity index (χ4v) is 2.97. The van der Waals surface area contributed by atoms with Gasteiger partial charge >= 0.3 is 5.97 Å². The molecule has 9 heteroatoms. The molecule has 1 aliphatic heterocycles. The Bertz CT molecular complexity index is 891. The second-order valence-corrected chi connectivity index (χ2v) is 6.67. The SMILES string of the molecule is CC(=O)Nc1ccc(NC(=O)COC(=O)[C@@H]2CC(=O)N(Cc3ccco3)C2)cc1. The lowest BCUT2D eigenvalue weighted by Crippen LogP contribution is -2.28. The third-order valence-corrected chi connectivity index (χ3v) is 4.31. The smallest absolute Gasteiger partial charge is 0.311 e. The highest BCUT2D eigenvalue weighted by atomic mass is 16.5. The second-order valence-electron chi connectivity index (χ2n) is 6.67. The van der Waals surface area contributed by atoms with Gasteiger partial charge in [0.15, 0.2) is 6.61 Å². The number of nitrogens with zero attached hydrogens (tertiary/aromatic N) is 1. The van der Waals surface area contributed by atoms with Gasteiger partial charge < -0.3 is 24.7 Å². The number of amides is 3. The van der Waals surface area contributed by atoms with Crippen LogP contribution in [0.3, 0.4) is 0 Å². The monoisotopic (exact) mass is 399 g/mol. The Balaban J connectivity index is 1.43. The normalized spacial score (nSPS) is 15.8. The van der Waals surface area contributed by atoms with E-state index in [1.54, 1.807) is 36.4 Å².